The van der Waals surface area contributed by atoms with Gasteiger partial charge in [-0.1, -0.05) is 80.9 Å². The molecule has 5 nitrogen and oxygen atoms in total. The fourth-order valence-electron chi connectivity index (χ4n) is 4.59. The molecule has 1 aromatic heterocycles. The molecule has 35 heavy (non-hydrogen) atoms. The number of nitrogens with zero attached hydrogens (tertiary/aromatic N) is 3. The second-order valence-corrected chi connectivity index (χ2v) is 10.0. The van der Waals surface area contributed by atoms with Crippen LogP contribution in [0.4, 0.5) is 0 Å². The van der Waals surface area contributed by atoms with E-state index in [-0.39, 0.29) is 17.5 Å². The van der Waals surface area contributed by atoms with Crippen molar-refractivity contribution in [1.29, 1.82) is 0 Å². The van der Waals surface area contributed by atoms with Crippen LogP contribution in [-0.4, -0.2) is 26.9 Å². The van der Waals surface area contributed by atoms with Gasteiger partial charge in [-0.05, 0) is 55.7 Å². The van der Waals surface area contributed by atoms with Crippen molar-refractivity contribution in [2.24, 2.45) is 0 Å². The highest BCUT2D eigenvalue weighted by molar-refractivity contribution is 9.10. The van der Waals surface area contributed by atoms with Gasteiger partial charge in [0.05, 0.1) is 22.6 Å². The van der Waals surface area contributed by atoms with E-state index in [0.29, 0.717) is 36.1 Å². The minimum Gasteiger partial charge on any atom is -0.333 e. The van der Waals surface area contributed by atoms with Crippen LogP contribution in [0.2, 0.25) is 0 Å². The number of hydrogen-bond acceptors (Lipinski definition) is 3. The Balaban J connectivity index is 2.13. The predicted molar refractivity (Wildman–Crippen MR) is 148 cm³/mol. The third kappa shape index (κ3) is 6.81. The van der Waals surface area contributed by atoms with Crippen LogP contribution in [0, 0.1) is 0 Å². The Bertz CT molecular complexity index is 1160. The molecule has 6 heteroatoms. The first-order valence-corrected chi connectivity index (χ1v) is 13.9. The SMILES string of the molecule is CCCCCCN(C(=O)CCCCC)C(CC)c1nc2ccccc2c(=O)n1-c1ccc(Br)cc1. The van der Waals surface area contributed by atoms with E-state index in [2.05, 4.69) is 36.7 Å². The minimum absolute atomic E-state index is 0.101. The fraction of sp³-hybridized carbons (Fsp3) is 0.483. The molecule has 0 spiro atoms. The second-order valence-electron chi connectivity index (χ2n) is 9.13. The summed E-state index contributed by atoms with van der Waals surface area (Å²) in [7, 11) is 0. The minimum atomic E-state index is -0.272. The lowest BCUT2D eigenvalue weighted by Crippen LogP contribution is -2.39. The van der Waals surface area contributed by atoms with Gasteiger partial charge in [0.25, 0.3) is 5.56 Å². The lowest BCUT2D eigenvalue weighted by Gasteiger charge is -2.32. The van der Waals surface area contributed by atoms with Crippen LogP contribution in [0.15, 0.2) is 57.8 Å². The molecular weight excluding hydrogens is 502 g/mol. The molecule has 0 aliphatic heterocycles. The summed E-state index contributed by atoms with van der Waals surface area (Å²) in [6.45, 7) is 7.11. The average Bonchev–Trinajstić information content (AvgIpc) is 2.87. The van der Waals surface area contributed by atoms with Crippen molar-refractivity contribution in [3.63, 3.8) is 0 Å². The molecule has 0 fully saturated rings. The van der Waals surface area contributed by atoms with Gasteiger partial charge in [0, 0.05) is 17.4 Å². The van der Waals surface area contributed by atoms with E-state index in [1.54, 1.807) is 4.57 Å². The maximum Gasteiger partial charge on any atom is 0.266 e. The monoisotopic (exact) mass is 539 g/mol. The largest absolute Gasteiger partial charge is 0.333 e. The third-order valence-corrected chi connectivity index (χ3v) is 7.04. The Morgan fingerprint density at radius 1 is 0.943 bits per heavy atom. The van der Waals surface area contributed by atoms with Crippen LogP contribution < -0.4 is 5.56 Å². The molecule has 1 heterocycles. The lowest BCUT2D eigenvalue weighted by molar-refractivity contribution is -0.134. The van der Waals surface area contributed by atoms with Gasteiger partial charge in [0.1, 0.15) is 5.82 Å². The molecule has 0 saturated carbocycles. The van der Waals surface area contributed by atoms with Crippen molar-refractivity contribution in [1.82, 2.24) is 14.5 Å². The molecule has 0 aliphatic carbocycles. The zero-order chi connectivity index (χ0) is 25.2. The lowest BCUT2D eigenvalue weighted by atomic mass is 10.1. The van der Waals surface area contributed by atoms with Crippen molar-refractivity contribution in [2.75, 3.05) is 6.54 Å². The first-order valence-electron chi connectivity index (χ1n) is 13.1. The summed E-state index contributed by atoms with van der Waals surface area (Å²) in [5.74, 6) is 0.796. The maximum atomic E-state index is 13.8. The molecule has 2 aromatic carbocycles. The van der Waals surface area contributed by atoms with E-state index in [0.717, 1.165) is 55.1 Å². The summed E-state index contributed by atoms with van der Waals surface area (Å²) in [6, 6.07) is 14.9. The summed E-state index contributed by atoms with van der Waals surface area (Å²) in [6.07, 6.45) is 8.60. The Morgan fingerprint density at radius 2 is 1.63 bits per heavy atom. The molecule has 0 bridgehead atoms. The molecule has 0 saturated heterocycles. The molecule has 1 atom stereocenters. The first kappa shape index (κ1) is 27.1. The summed E-state index contributed by atoms with van der Waals surface area (Å²) in [4.78, 5) is 34.3. The highest BCUT2D eigenvalue weighted by atomic mass is 79.9. The normalized spacial score (nSPS) is 12.1. The number of fused-ring (bicyclic) bond motifs is 1. The number of unbranched alkanes of at least 4 members (excludes halogenated alkanes) is 5. The number of halogens is 1. The van der Waals surface area contributed by atoms with E-state index in [1.165, 1.54) is 0 Å². The predicted octanol–water partition coefficient (Wildman–Crippen LogP) is 7.59. The third-order valence-electron chi connectivity index (χ3n) is 6.51. The molecule has 0 aliphatic rings. The molecule has 1 amide bonds. The van der Waals surface area contributed by atoms with Crippen molar-refractivity contribution in [3.8, 4) is 5.69 Å². The maximum absolute atomic E-state index is 13.8. The Labute approximate surface area is 217 Å². The van der Waals surface area contributed by atoms with Crippen molar-refractivity contribution < 1.29 is 4.79 Å². The molecule has 3 aromatic rings. The smallest absolute Gasteiger partial charge is 0.266 e. The molecule has 1 unspecified atom stereocenters. The van der Waals surface area contributed by atoms with Crippen LogP contribution in [0.3, 0.4) is 0 Å². The van der Waals surface area contributed by atoms with Gasteiger partial charge in [-0.3, -0.25) is 14.2 Å². The van der Waals surface area contributed by atoms with E-state index in [1.807, 2.05) is 53.4 Å². The molecular formula is C29H38BrN3O2. The Kier molecular flexibility index (Phi) is 10.5. The number of rotatable bonds is 13. The van der Waals surface area contributed by atoms with Crippen molar-refractivity contribution in [3.05, 3.63) is 69.2 Å². The number of carbonyl (C=O) groups excluding carboxylic acids is 1. The van der Waals surface area contributed by atoms with Crippen LogP contribution in [0.25, 0.3) is 16.6 Å². The molecule has 0 N–H and O–H groups in total. The zero-order valence-corrected chi connectivity index (χ0v) is 22.9. The van der Waals surface area contributed by atoms with Gasteiger partial charge in [0.15, 0.2) is 0 Å². The quantitative estimate of drug-likeness (QED) is 0.210. The standard InChI is InChI=1S/C29H38BrN3O2/c1-4-7-9-13-21-32(27(34)16-10-8-5-2)26(6-3)28-31-25-15-12-11-14-24(25)29(35)33(28)23-19-17-22(30)18-20-23/h11-12,14-15,17-20,26H,4-10,13,16,21H2,1-3H3. The number of hydrogen-bond donors (Lipinski definition) is 0. The van der Waals surface area contributed by atoms with Gasteiger partial charge in [0.2, 0.25) is 5.91 Å². The summed E-state index contributed by atoms with van der Waals surface area (Å²) >= 11 is 3.49. The topological polar surface area (TPSA) is 55.2 Å². The van der Waals surface area contributed by atoms with Gasteiger partial charge >= 0.3 is 0 Å². The van der Waals surface area contributed by atoms with E-state index in [9.17, 15) is 9.59 Å². The van der Waals surface area contributed by atoms with Crippen molar-refractivity contribution in [2.45, 2.75) is 84.6 Å². The number of carbonyl (C=O) groups is 1. The number of para-hydroxylation sites is 1. The zero-order valence-electron chi connectivity index (χ0n) is 21.3. The van der Waals surface area contributed by atoms with E-state index in [4.69, 9.17) is 4.98 Å². The molecule has 188 valence electrons. The molecule has 3 rings (SSSR count). The number of amides is 1. The van der Waals surface area contributed by atoms with E-state index >= 15 is 0 Å². The second kappa shape index (κ2) is 13.6. The first-order chi connectivity index (χ1) is 17.0. The summed E-state index contributed by atoms with van der Waals surface area (Å²) in [5.41, 5.74) is 1.33. The number of benzene rings is 2. The summed E-state index contributed by atoms with van der Waals surface area (Å²) in [5, 5.41) is 0.581. The highest BCUT2D eigenvalue weighted by Gasteiger charge is 2.28. The van der Waals surface area contributed by atoms with Crippen LogP contribution in [0.1, 0.15) is 90.4 Å². The van der Waals surface area contributed by atoms with E-state index < -0.39 is 0 Å². The Morgan fingerprint density at radius 3 is 2.31 bits per heavy atom. The van der Waals surface area contributed by atoms with Crippen molar-refractivity contribution >= 4 is 32.7 Å². The van der Waals surface area contributed by atoms with Gasteiger partial charge in [-0.2, -0.15) is 0 Å². The van der Waals surface area contributed by atoms with Crippen LogP contribution in [0.5, 0.6) is 0 Å². The van der Waals surface area contributed by atoms with Gasteiger partial charge in [-0.15, -0.1) is 0 Å². The fourth-order valence-corrected chi connectivity index (χ4v) is 4.85. The van der Waals surface area contributed by atoms with Gasteiger partial charge in [-0.25, -0.2) is 4.98 Å². The van der Waals surface area contributed by atoms with Crippen LogP contribution in [-0.2, 0) is 4.79 Å². The van der Waals surface area contributed by atoms with Gasteiger partial charge < -0.3 is 4.90 Å². The number of aromatic nitrogens is 2. The molecule has 0 radical (unpaired) electrons. The highest BCUT2D eigenvalue weighted by Crippen LogP contribution is 2.28. The van der Waals surface area contributed by atoms with Crippen LogP contribution >= 0.6 is 15.9 Å². The Hall–Kier alpha value is -2.47. The average molecular weight is 541 g/mol. The summed E-state index contributed by atoms with van der Waals surface area (Å²) < 4.78 is 2.65.